The van der Waals surface area contributed by atoms with Gasteiger partial charge in [-0.2, -0.15) is 0 Å². The number of anilines is 3. The summed E-state index contributed by atoms with van der Waals surface area (Å²) in [4.78, 5) is 30.2. The smallest absolute Gasteiger partial charge is 0.224 e. The second-order valence-corrected chi connectivity index (χ2v) is 13.7. The Morgan fingerprint density at radius 3 is 2.20 bits per heavy atom. The predicted molar refractivity (Wildman–Crippen MR) is 192 cm³/mol. The number of carbonyl (C=O) groups excluding carboxylic acids is 2. The van der Waals surface area contributed by atoms with E-state index in [0.717, 1.165) is 42.7 Å². The minimum absolute atomic E-state index is 0.00644. The number of rotatable bonds is 14. The van der Waals surface area contributed by atoms with Gasteiger partial charge in [-0.1, -0.05) is 48.5 Å². The summed E-state index contributed by atoms with van der Waals surface area (Å²) in [5, 5.41) is 15.4. The maximum Gasteiger partial charge on any atom is 0.224 e. The molecule has 3 saturated heterocycles. The van der Waals surface area contributed by atoms with Crippen LogP contribution in [0.5, 0.6) is 0 Å². The Morgan fingerprint density at radius 1 is 0.796 bits per heavy atom. The summed E-state index contributed by atoms with van der Waals surface area (Å²) in [5.41, 5.74) is 10.6. The molecule has 49 heavy (non-hydrogen) atoms. The van der Waals surface area contributed by atoms with E-state index in [9.17, 15) is 14.7 Å². The highest BCUT2D eigenvalue weighted by Crippen LogP contribution is 2.39. The van der Waals surface area contributed by atoms with Crippen molar-refractivity contribution in [2.45, 2.75) is 88.9 Å². The van der Waals surface area contributed by atoms with Crippen molar-refractivity contribution in [2.24, 2.45) is 0 Å². The van der Waals surface area contributed by atoms with Crippen LogP contribution < -0.4 is 16.4 Å². The molecule has 3 aliphatic rings. The minimum atomic E-state index is -0.539. The van der Waals surface area contributed by atoms with Gasteiger partial charge in [-0.25, -0.2) is 0 Å². The van der Waals surface area contributed by atoms with Crippen LogP contribution in [0, 0.1) is 0 Å². The number of nitrogen functional groups attached to an aromatic ring is 1. The van der Waals surface area contributed by atoms with Gasteiger partial charge in [-0.3, -0.25) is 14.5 Å². The number of nitrogens with one attached hydrogen (secondary N) is 2. The number of hydrogen-bond acceptors (Lipinski definition) is 8. The van der Waals surface area contributed by atoms with Gasteiger partial charge in [0.1, 0.15) is 0 Å². The Labute approximate surface area is 289 Å². The van der Waals surface area contributed by atoms with Crippen LogP contribution in [0.4, 0.5) is 17.1 Å². The third-order valence-electron chi connectivity index (χ3n) is 9.98. The van der Waals surface area contributed by atoms with Crippen molar-refractivity contribution in [2.75, 3.05) is 49.1 Å². The molecule has 0 saturated carbocycles. The van der Waals surface area contributed by atoms with Crippen molar-refractivity contribution in [3.8, 4) is 0 Å². The summed E-state index contributed by atoms with van der Waals surface area (Å²) >= 11 is 0. The van der Waals surface area contributed by atoms with Crippen LogP contribution >= 0.6 is 0 Å². The fourth-order valence-electron chi connectivity index (χ4n) is 7.24. The third-order valence-corrected chi connectivity index (χ3v) is 9.98. The third kappa shape index (κ3) is 9.89. The lowest BCUT2D eigenvalue weighted by atomic mass is 9.99. The Hall–Kier alpha value is -3.80. The average molecular weight is 670 g/mol. The van der Waals surface area contributed by atoms with E-state index in [1.54, 1.807) is 12.1 Å². The van der Waals surface area contributed by atoms with Crippen molar-refractivity contribution in [1.29, 1.82) is 0 Å². The molecule has 3 aromatic rings. The number of para-hydroxylation sites is 2. The summed E-state index contributed by atoms with van der Waals surface area (Å²) in [6.45, 7) is 5.56. The Balaban J connectivity index is 1.03. The Morgan fingerprint density at radius 2 is 1.49 bits per heavy atom. The summed E-state index contributed by atoms with van der Waals surface area (Å²) in [6, 6.07) is 23.4. The van der Waals surface area contributed by atoms with Crippen LogP contribution in [0.25, 0.3) is 0 Å². The second kappa shape index (κ2) is 17.2. The van der Waals surface area contributed by atoms with Crippen LogP contribution in [0.2, 0.25) is 0 Å². The summed E-state index contributed by atoms with van der Waals surface area (Å²) < 4.78 is 13.2. The Kier molecular flexibility index (Phi) is 12.3. The number of ether oxygens (including phenoxy) is 2. The number of amides is 2. The molecular formula is C39H51N5O5. The fourth-order valence-corrected chi connectivity index (χ4v) is 7.24. The lowest BCUT2D eigenvalue weighted by molar-refractivity contribution is -0.253. The molecule has 0 aromatic heterocycles. The molecule has 0 bridgehead atoms. The van der Waals surface area contributed by atoms with Gasteiger partial charge in [0.2, 0.25) is 11.8 Å². The zero-order chi connectivity index (χ0) is 34.0. The van der Waals surface area contributed by atoms with E-state index in [2.05, 4.69) is 20.4 Å². The highest BCUT2D eigenvalue weighted by Gasteiger charge is 2.36. The number of hydrogen-bond donors (Lipinski definition) is 4. The summed E-state index contributed by atoms with van der Waals surface area (Å²) in [7, 11) is 0. The van der Waals surface area contributed by atoms with Gasteiger partial charge in [0.05, 0.1) is 30.2 Å². The Bertz CT molecular complexity index is 1510. The molecule has 0 spiro atoms. The van der Waals surface area contributed by atoms with E-state index >= 15 is 0 Å². The van der Waals surface area contributed by atoms with Crippen LogP contribution in [0.15, 0.2) is 72.8 Å². The molecule has 5 N–H and O–H groups in total. The monoisotopic (exact) mass is 669 g/mol. The lowest BCUT2D eigenvalue weighted by Crippen LogP contribution is -2.45. The molecular weight excluding hydrogens is 618 g/mol. The van der Waals surface area contributed by atoms with Crippen molar-refractivity contribution >= 4 is 28.9 Å². The van der Waals surface area contributed by atoms with Crippen LogP contribution in [-0.4, -0.2) is 71.6 Å². The summed E-state index contributed by atoms with van der Waals surface area (Å²) in [6.07, 6.45) is 7.02. The fraction of sp³-hybridized carbons (Fsp3) is 0.487. The molecule has 10 heteroatoms. The number of likely N-dealkylation sites (tertiary alicyclic amines) is 2. The minimum Gasteiger partial charge on any atom is -0.397 e. The molecule has 6 rings (SSSR count). The molecule has 4 atom stereocenters. The van der Waals surface area contributed by atoms with Gasteiger partial charge in [0.15, 0.2) is 6.29 Å². The maximum absolute atomic E-state index is 12.7. The quantitative estimate of drug-likeness (QED) is 0.122. The lowest BCUT2D eigenvalue weighted by Gasteiger charge is -2.39. The van der Waals surface area contributed by atoms with Crippen molar-refractivity contribution < 1.29 is 24.2 Å². The highest BCUT2D eigenvalue weighted by atomic mass is 16.7. The zero-order valence-corrected chi connectivity index (χ0v) is 28.4. The highest BCUT2D eigenvalue weighted by molar-refractivity contribution is 5.94. The molecule has 2 amide bonds. The number of unbranched alkanes of at least 4 members (excludes halogenated alkanes) is 1. The molecule has 10 nitrogen and oxygen atoms in total. The second-order valence-electron chi connectivity index (χ2n) is 13.7. The molecule has 3 heterocycles. The topological polar surface area (TPSA) is 129 Å². The normalized spacial score (nSPS) is 23.0. The first-order chi connectivity index (χ1) is 23.9. The van der Waals surface area contributed by atoms with Crippen molar-refractivity contribution in [3.63, 3.8) is 0 Å². The van der Waals surface area contributed by atoms with E-state index in [4.69, 9.17) is 15.2 Å². The molecule has 0 aliphatic carbocycles. The van der Waals surface area contributed by atoms with Gasteiger partial charge in [-0.05, 0) is 93.6 Å². The largest absolute Gasteiger partial charge is 0.397 e. The van der Waals surface area contributed by atoms with E-state index in [1.165, 1.54) is 38.8 Å². The number of benzene rings is 3. The number of aliphatic hydroxyl groups is 1. The van der Waals surface area contributed by atoms with E-state index in [0.29, 0.717) is 48.8 Å². The number of aliphatic hydroxyl groups excluding tert-OH is 1. The molecule has 3 aromatic carbocycles. The van der Waals surface area contributed by atoms with Crippen LogP contribution in [0.3, 0.4) is 0 Å². The van der Waals surface area contributed by atoms with E-state index < -0.39 is 6.29 Å². The predicted octanol–water partition coefficient (Wildman–Crippen LogP) is 6.00. The van der Waals surface area contributed by atoms with Gasteiger partial charge in [0, 0.05) is 49.6 Å². The van der Waals surface area contributed by atoms with Crippen LogP contribution in [-0.2, 0) is 25.7 Å². The maximum atomic E-state index is 12.7. The molecule has 3 aliphatic heterocycles. The van der Waals surface area contributed by atoms with Gasteiger partial charge >= 0.3 is 0 Å². The molecule has 262 valence electrons. The van der Waals surface area contributed by atoms with Crippen molar-refractivity contribution in [1.82, 2.24) is 9.80 Å². The van der Waals surface area contributed by atoms with Crippen molar-refractivity contribution in [3.05, 3.63) is 89.5 Å². The number of nitrogens with zero attached hydrogens (tertiary/aromatic N) is 2. The van der Waals surface area contributed by atoms with E-state index in [1.807, 2.05) is 60.7 Å². The first-order valence-electron chi connectivity index (χ1n) is 17.9. The first kappa shape index (κ1) is 35.0. The zero-order valence-electron chi connectivity index (χ0n) is 28.4. The van der Waals surface area contributed by atoms with E-state index in [-0.39, 0.29) is 30.6 Å². The van der Waals surface area contributed by atoms with Gasteiger partial charge < -0.3 is 35.8 Å². The SMILES string of the molecule is Nc1ccccc1NC(=O)CCCCC(=O)Nc1ccc(C2OC(CN3CCCC3CN3CCCC3)CC(c3ccc(CO)cc3)O2)cc1. The molecule has 3 fully saturated rings. The molecule has 4 unspecified atom stereocenters. The molecule has 0 radical (unpaired) electrons. The number of carbonyl (C=O) groups is 2. The average Bonchev–Trinajstić information content (AvgIpc) is 3.80. The number of nitrogens with two attached hydrogens (primary N) is 1. The first-order valence-corrected chi connectivity index (χ1v) is 17.9. The van der Waals surface area contributed by atoms with Crippen LogP contribution in [0.1, 0.15) is 86.9 Å². The standard InChI is InChI=1S/C39H51N5O5/c40-34-9-1-2-10-35(34)42-38(47)12-4-3-11-37(46)41-31-19-17-30(18-20-31)39-48-33(24-36(49-39)29-15-13-28(27-45)14-16-29)26-44-23-7-8-32(44)25-43-21-5-6-22-43/h1-2,9-10,13-20,32-33,36,39,45H,3-8,11-12,21-27,40H2,(H,41,46)(H,42,47). The summed E-state index contributed by atoms with van der Waals surface area (Å²) in [5.74, 6) is -0.207. The van der Waals surface area contributed by atoms with Gasteiger partial charge in [-0.15, -0.1) is 0 Å². The van der Waals surface area contributed by atoms with Gasteiger partial charge in [0.25, 0.3) is 0 Å².